The van der Waals surface area contributed by atoms with Crippen molar-refractivity contribution >= 4 is 24.8 Å². The van der Waals surface area contributed by atoms with Crippen LogP contribution in [0.1, 0.15) is 55.6 Å². The van der Waals surface area contributed by atoms with Crippen molar-refractivity contribution in [3.63, 3.8) is 0 Å². The first-order valence-corrected chi connectivity index (χ1v) is 8.53. The molecule has 134 valence electrons. The van der Waals surface area contributed by atoms with Crippen LogP contribution < -0.4 is 5.32 Å². The lowest BCUT2D eigenvalue weighted by atomic mass is 9.81. The van der Waals surface area contributed by atoms with Crippen LogP contribution in [0.5, 0.6) is 0 Å². The minimum Gasteiger partial charge on any atom is -0.378 e. The van der Waals surface area contributed by atoms with Gasteiger partial charge in [0.15, 0.2) is 0 Å². The van der Waals surface area contributed by atoms with Gasteiger partial charge in [-0.1, -0.05) is 0 Å². The lowest BCUT2D eigenvalue weighted by molar-refractivity contribution is -0.000473. The highest BCUT2D eigenvalue weighted by atomic mass is 35.5. The molecular weight excluding hydrogens is 345 g/mol. The summed E-state index contributed by atoms with van der Waals surface area (Å²) < 4.78 is 6.16. The molecule has 0 bridgehead atoms. The van der Waals surface area contributed by atoms with Crippen LogP contribution in [0.2, 0.25) is 0 Å². The number of pyridine rings is 1. The lowest BCUT2D eigenvalue weighted by Gasteiger charge is -2.31. The maximum absolute atomic E-state index is 9.21. The average molecular weight is 372 g/mol. The molecule has 2 aliphatic rings. The second kappa shape index (κ2) is 10.9. The Morgan fingerprint density at radius 3 is 2.50 bits per heavy atom. The fraction of sp³-hybridized carbons (Fsp3) is 0.667. The van der Waals surface area contributed by atoms with Crippen LogP contribution in [0.15, 0.2) is 18.5 Å². The summed E-state index contributed by atoms with van der Waals surface area (Å²) in [4.78, 5) is 4.05. The van der Waals surface area contributed by atoms with Crippen molar-refractivity contribution in [2.75, 3.05) is 19.7 Å². The summed E-state index contributed by atoms with van der Waals surface area (Å²) in [5.74, 6) is 1.24. The van der Waals surface area contributed by atoms with Crippen LogP contribution in [-0.2, 0) is 4.74 Å². The molecule has 0 atom stereocenters. The van der Waals surface area contributed by atoms with Gasteiger partial charge in [-0.3, -0.25) is 4.98 Å². The monoisotopic (exact) mass is 371 g/mol. The molecule has 1 saturated carbocycles. The van der Waals surface area contributed by atoms with Crippen molar-refractivity contribution in [2.45, 2.75) is 50.5 Å². The molecule has 1 aliphatic heterocycles. The van der Waals surface area contributed by atoms with E-state index < -0.39 is 0 Å². The van der Waals surface area contributed by atoms with Gasteiger partial charge >= 0.3 is 0 Å². The number of nitriles is 1. The summed E-state index contributed by atoms with van der Waals surface area (Å²) in [6.45, 7) is 3.20. The van der Waals surface area contributed by atoms with Crippen LogP contribution in [0.4, 0.5) is 0 Å². The standard InChI is InChI=1S/C18H25N3O.2ClH/c19-11-16-12-21-10-7-18(16)15-1-3-17(4-2-15)22-13-14-5-8-20-9-6-14;;/h7,10,12,14-15,17,20H,1-6,8-9,13H2;2*1H/t15-,17-;;. The summed E-state index contributed by atoms with van der Waals surface area (Å²) >= 11 is 0. The summed E-state index contributed by atoms with van der Waals surface area (Å²) in [6, 6.07) is 4.29. The largest absolute Gasteiger partial charge is 0.378 e. The molecule has 1 aliphatic carbocycles. The van der Waals surface area contributed by atoms with E-state index in [4.69, 9.17) is 4.74 Å². The Balaban J connectivity index is 0.00000144. The van der Waals surface area contributed by atoms with E-state index in [1.807, 2.05) is 6.07 Å². The van der Waals surface area contributed by atoms with Gasteiger partial charge in [0.1, 0.15) is 6.07 Å². The molecule has 0 amide bonds. The van der Waals surface area contributed by atoms with Crippen molar-refractivity contribution < 1.29 is 4.74 Å². The quantitative estimate of drug-likeness (QED) is 0.873. The Labute approximate surface area is 157 Å². The highest BCUT2D eigenvalue weighted by Gasteiger charge is 2.25. The molecule has 4 nitrogen and oxygen atoms in total. The van der Waals surface area contributed by atoms with Gasteiger partial charge in [-0.05, 0) is 75.1 Å². The summed E-state index contributed by atoms with van der Waals surface area (Å²) in [6.07, 6.45) is 10.9. The molecule has 1 saturated heterocycles. The Hall–Kier alpha value is -0.860. The Bertz CT molecular complexity index is 521. The van der Waals surface area contributed by atoms with Gasteiger partial charge in [-0.2, -0.15) is 5.26 Å². The molecule has 1 aromatic heterocycles. The Morgan fingerprint density at radius 1 is 1.12 bits per heavy atom. The summed E-state index contributed by atoms with van der Waals surface area (Å²) in [5.41, 5.74) is 1.91. The third-order valence-electron chi connectivity index (χ3n) is 5.12. The topological polar surface area (TPSA) is 57.9 Å². The van der Waals surface area contributed by atoms with Crippen molar-refractivity contribution in [1.29, 1.82) is 5.26 Å². The van der Waals surface area contributed by atoms with Crippen molar-refractivity contribution in [3.05, 3.63) is 29.6 Å². The van der Waals surface area contributed by atoms with E-state index in [0.717, 1.165) is 56.9 Å². The third kappa shape index (κ3) is 5.60. The van der Waals surface area contributed by atoms with Crippen molar-refractivity contribution in [2.24, 2.45) is 5.92 Å². The van der Waals surface area contributed by atoms with Crippen LogP contribution in [0.25, 0.3) is 0 Å². The van der Waals surface area contributed by atoms with Gasteiger partial charge in [-0.25, -0.2) is 0 Å². The first kappa shape index (κ1) is 21.2. The smallest absolute Gasteiger partial charge is 0.101 e. The molecule has 2 heterocycles. The lowest BCUT2D eigenvalue weighted by Crippen LogP contribution is -2.31. The van der Waals surface area contributed by atoms with E-state index in [9.17, 15) is 5.26 Å². The molecular formula is C18H27Cl2N3O. The van der Waals surface area contributed by atoms with E-state index in [1.165, 1.54) is 18.4 Å². The molecule has 6 heteroatoms. The van der Waals surface area contributed by atoms with Crippen LogP contribution in [0.3, 0.4) is 0 Å². The number of nitrogens with one attached hydrogen (secondary N) is 1. The highest BCUT2D eigenvalue weighted by molar-refractivity contribution is 5.85. The Morgan fingerprint density at radius 2 is 1.83 bits per heavy atom. The molecule has 0 unspecified atom stereocenters. The van der Waals surface area contributed by atoms with Crippen LogP contribution in [-0.4, -0.2) is 30.8 Å². The average Bonchev–Trinajstić information content (AvgIpc) is 2.61. The maximum Gasteiger partial charge on any atom is 0.101 e. The van der Waals surface area contributed by atoms with Gasteiger partial charge < -0.3 is 10.1 Å². The number of piperidine rings is 1. The van der Waals surface area contributed by atoms with Crippen LogP contribution >= 0.6 is 24.8 Å². The highest BCUT2D eigenvalue weighted by Crippen LogP contribution is 2.35. The summed E-state index contributed by atoms with van der Waals surface area (Å²) in [7, 11) is 0. The molecule has 3 rings (SSSR count). The van der Waals surface area contributed by atoms with Crippen LogP contribution in [0, 0.1) is 17.2 Å². The Kier molecular flexibility index (Phi) is 9.61. The second-order valence-electron chi connectivity index (χ2n) is 6.58. The van der Waals surface area contributed by atoms with Gasteiger partial charge in [0.25, 0.3) is 0 Å². The van der Waals surface area contributed by atoms with E-state index in [2.05, 4.69) is 16.4 Å². The molecule has 24 heavy (non-hydrogen) atoms. The molecule has 0 aromatic carbocycles. The summed E-state index contributed by atoms with van der Waals surface area (Å²) in [5, 5.41) is 12.6. The fourth-order valence-electron chi connectivity index (χ4n) is 3.72. The molecule has 1 N–H and O–H groups in total. The number of rotatable bonds is 4. The van der Waals surface area contributed by atoms with Crippen molar-refractivity contribution in [1.82, 2.24) is 10.3 Å². The zero-order valence-corrected chi connectivity index (χ0v) is 15.6. The first-order valence-electron chi connectivity index (χ1n) is 8.53. The molecule has 0 spiro atoms. The van der Waals surface area contributed by atoms with E-state index in [-0.39, 0.29) is 24.8 Å². The third-order valence-corrected chi connectivity index (χ3v) is 5.12. The molecule has 1 aromatic rings. The van der Waals surface area contributed by atoms with E-state index in [1.54, 1.807) is 12.4 Å². The maximum atomic E-state index is 9.21. The second-order valence-corrected chi connectivity index (χ2v) is 6.58. The zero-order chi connectivity index (χ0) is 15.2. The molecule has 0 radical (unpaired) electrons. The van der Waals surface area contributed by atoms with E-state index in [0.29, 0.717) is 12.0 Å². The normalized spacial score (nSPS) is 24.3. The van der Waals surface area contributed by atoms with E-state index >= 15 is 0 Å². The van der Waals surface area contributed by atoms with Gasteiger partial charge in [0, 0.05) is 19.0 Å². The minimum absolute atomic E-state index is 0. The fourth-order valence-corrected chi connectivity index (χ4v) is 3.72. The number of hydrogen-bond acceptors (Lipinski definition) is 4. The van der Waals surface area contributed by atoms with Gasteiger partial charge in [0.05, 0.1) is 11.7 Å². The zero-order valence-electron chi connectivity index (χ0n) is 13.9. The number of hydrogen-bond donors (Lipinski definition) is 1. The number of aromatic nitrogens is 1. The number of nitrogens with zero attached hydrogens (tertiary/aromatic N) is 2. The molecule has 2 fully saturated rings. The predicted octanol–water partition coefficient (Wildman–Crippen LogP) is 3.84. The van der Waals surface area contributed by atoms with Gasteiger partial charge in [0.2, 0.25) is 0 Å². The van der Waals surface area contributed by atoms with Crippen molar-refractivity contribution in [3.8, 4) is 6.07 Å². The predicted molar refractivity (Wildman–Crippen MR) is 100.0 cm³/mol. The SMILES string of the molecule is Cl.Cl.N#Cc1cnccc1[C@H]1CC[C@H](OCC2CCNCC2)CC1. The number of ether oxygens (including phenoxy) is 1. The number of halogens is 2. The van der Waals surface area contributed by atoms with Gasteiger partial charge in [-0.15, -0.1) is 24.8 Å². The first-order chi connectivity index (χ1) is 10.9. The minimum atomic E-state index is 0.